The van der Waals surface area contributed by atoms with Gasteiger partial charge in [0, 0.05) is 31.2 Å². The molecule has 0 aromatic heterocycles. The largest absolute Gasteiger partial charge is 0.339 e. The highest BCUT2D eigenvalue weighted by Gasteiger charge is 2.31. The highest BCUT2D eigenvalue weighted by atomic mass is 16.2. The third-order valence-electron chi connectivity index (χ3n) is 5.34. The minimum Gasteiger partial charge on any atom is -0.339 e. The molecule has 0 radical (unpaired) electrons. The van der Waals surface area contributed by atoms with E-state index in [9.17, 15) is 4.79 Å². The van der Waals surface area contributed by atoms with Crippen molar-refractivity contribution in [3.63, 3.8) is 0 Å². The minimum atomic E-state index is 0.261. The Bertz CT molecular complexity index is 324. The molecule has 2 rings (SSSR count). The summed E-state index contributed by atoms with van der Waals surface area (Å²) in [5.74, 6) is 0.351. The van der Waals surface area contributed by atoms with Crippen LogP contribution in [0.2, 0.25) is 0 Å². The maximum atomic E-state index is 12.5. The zero-order valence-electron chi connectivity index (χ0n) is 13.5. The van der Waals surface area contributed by atoms with Crippen molar-refractivity contribution in [1.29, 1.82) is 0 Å². The fourth-order valence-corrected chi connectivity index (χ4v) is 3.49. The van der Waals surface area contributed by atoms with Gasteiger partial charge in [-0.05, 0) is 52.5 Å². The monoisotopic (exact) mass is 281 g/mol. The van der Waals surface area contributed by atoms with Crippen LogP contribution in [0.4, 0.5) is 0 Å². The van der Waals surface area contributed by atoms with Crippen molar-refractivity contribution in [1.82, 2.24) is 15.1 Å². The first-order valence-electron chi connectivity index (χ1n) is 8.29. The van der Waals surface area contributed by atoms with E-state index in [1.165, 1.54) is 19.3 Å². The van der Waals surface area contributed by atoms with Gasteiger partial charge < -0.3 is 10.2 Å². The summed E-state index contributed by atoms with van der Waals surface area (Å²) < 4.78 is 0. The van der Waals surface area contributed by atoms with Gasteiger partial charge in [0.25, 0.3) is 0 Å². The second-order valence-electron chi connectivity index (χ2n) is 6.73. The van der Waals surface area contributed by atoms with E-state index in [1.54, 1.807) is 0 Å². The first-order chi connectivity index (χ1) is 9.58. The number of carbonyl (C=O) groups excluding carboxylic acids is 1. The Balaban J connectivity index is 1.83. The molecule has 1 atom stereocenters. The van der Waals surface area contributed by atoms with Gasteiger partial charge in [0.15, 0.2) is 0 Å². The van der Waals surface area contributed by atoms with Gasteiger partial charge >= 0.3 is 0 Å². The molecule has 2 heterocycles. The van der Waals surface area contributed by atoms with Crippen LogP contribution in [-0.2, 0) is 4.79 Å². The number of rotatable bonds is 4. The zero-order chi connectivity index (χ0) is 14.6. The van der Waals surface area contributed by atoms with E-state index in [2.05, 4.69) is 29.0 Å². The fraction of sp³-hybridized carbons (Fsp3) is 0.938. The van der Waals surface area contributed by atoms with Crippen molar-refractivity contribution in [3.05, 3.63) is 0 Å². The van der Waals surface area contributed by atoms with Crippen molar-refractivity contribution in [2.45, 2.75) is 64.0 Å². The maximum absolute atomic E-state index is 12.5. The Morgan fingerprint density at radius 3 is 2.55 bits per heavy atom. The standard InChI is InChI=1S/C16H31N3O/c1-4-14-7-5-6-10-19(14)15(20)13-18-11-8-16(2,17-3)9-12-18/h14,17H,4-13H2,1-3H3. The summed E-state index contributed by atoms with van der Waals surface area (Å²) in [7, 11) is 2.04. The van der Waals surface area contributed by atoms with Gasteiger partial charge in [0.1, 0.15) is 0 Å². The molecule has 20 heavy (non-hydrogen) atoms. The SMILES string of the molecule is CCC1CCCCN1C(=O)CN1CCC(C)(NC)CC1. The van der Waals surface area contributed by atoms with E-state index in [-0.39, 0.29) is 5.54 Å². The summed E-state index contributed by atoms with van der Waals surface area (Å²) in [6.45, 7) is 8.15. The van der Waals surface area contributed by atoms with Crippen molar-refractivity contribution >= 4 is 5.91 Å². The summed E-state index contributed by atoms with van der Waals surface area (Å²) in [4.78, 5) is 17.0. The normalized spacial score (nSPS) is 27.6. The summed E-state index contributed by atoms with van der Waals surface area (Å²) in [5.41, 5.74) is 0.261. The highest BCUT2D eigenvalue weighted by Crippen LogP contribution is 2.23. The van der Waals surface area contributed by atoms with Gasteiger partial charge in [-0.25, -0.2) is 0 Å². The second-order valence-corrected chi connectivity index (χ2v) is 6.73. The van der Waals surface area contributed by atoms with E-state index >= 15 is 0 Å². The summed E-state index contributed by atoms with van der Waals surface area (Å²) in [6.07, 6.45) is 7.03. The van der Waals surface area contributed by atoms with Gasteiger partial charge in [-0.3, -0.25) is 9.69 Å². The van der Waals surface area contributed by atoms with Crippen LogP contribution in [0.15, 0.2) is 0 Å². The molecule has 2 fully saturated rings. The van der Waals surface area contributed by atoms with Gasteiger partial charge in [0.2, 0.25) is 5.91 Å². The number of hydrogen-bond acceptors (Lipinski definition) is 3. The number of nitrogens with one attached hydrogen (secondary N) is 1. The Hall–Kier alpha value is -0.610. The smallest absolute Gasteiger partial charge is 0.236 e. The number of piperidine rings is 2. The lowest BCUT2D eigenvalue weighted by atomic mass is 9.90. The van der Waals surface area contributed by atoms with Crippen LogP contribution in [0.3, 0.4) is 0 Å². The molecule has 2 saturated heterocycles. The number of amides is 1. The van der Waals surface area contributed by atoms with Crippen LogP contribution >= 0.6 is 0 Å². The topological polar surface area (TPSA) is 35.6 Å². The number of nitrogens with zero attached hydrogens (tertiary/aromatic N) is 2. The van der Waals surface area contributed by atoms with Gasteiger partial charge in [-0.1, -0.05) is 6.92 Å². The summed E-state index contributed by atoms with van der Waals surface area (Å²) in [6, 6.07) is 0.489. The molecule has 1 N–H and O–H groups in total. The molecule has 2 aliphatic heterocycles. The molecule has 0 aromatic rings. The van der Waals surface area contributed by atoms with Crippen molar-refractivity contribution < 1.29 is 4.79 Å². The Kier molecular flexibility index (Phi) is 5.44. The Morgan fingerprint density at radius 2 is 1.95 bits per heavy atom. The first-order valence-corrected chi connectivity index (χ1v) is 8.29. The third kappa shape index (κ3) is 3.73. The molecule has 0 aromatic carbocycles. The quantitative estimate of drug-likeness (QED) is 0.854. The van der Waals surface area contributed by atoms with Gasteiger partial charge in [0.05, 0.1) is 6.54 Å². The first kappa shape index (κ1) is 15.8. The molecule has 0 saturated carbocycles. The van der Waals surface area contributed by atoms with E-state index in [4.69, 9.17) is 0 Å². The molecule has 1 amide bonds. The van der Waals surface area contributed by atoms with Gasteiger partial charge in [-0.2, -0.15) is 0 Å². The molecule has 2 aliphatic rings. The molecular weight excluding hydrogens is 250 g/mol. The van der Waals surface area contributed by atoms with Crippen LogP contribution in [-0.4, -0.2) is 60.5 Å². The fourth-order valence-electron chi connectivity index (χ4n) is 3.49. The van der Waals surface area contributed by atoms with Crippen LogP contribution in [0.1, 0.15) is 52.4 Å². The number of carbonyl (C=O) groups is 1. The lowest BCUT2D eigenvalue weighted by Gasteiger charge is -2.41. The number of hydrogen-bond donors (Lipinski definition) is 1. The Labute approximate surface area is 123 Å². The minimum absolute atomic E-state index is 0.261. The van der Waals surface area contributed by atoms with Crippen molar-refractivity contribution in [2.75, 3.05) is 33.2 Å². The van der Waals surface area contributed by atoms with Crippen molar-refractivity contribution in [3.8, 4) is 0 Å². The number of likely N-dealkylation sites (tertiary alicyclic amines) is 2. The molecule has 4 heteroatoms. The maximum Gasteiger partial charge on any atom is 0.236 e. The molecule has 0 spiro atoms. The molecule has 0 bridgehead atoms. The average molecular weight is 281 g/mol. The highest BCUT2D eigenvalue weighted by molar-refractivity contribution is 5.78. The van der Waals surface area contributed by atoms with Crippen LogP contribution in [0.5, 0.6) is 0 Å². The van der Waals surface area contributed by atoms with E-state index < -0.39 is 0 Å². The molecule has 116 valence electrons. The lowest BCUT2D eigenvalue weighted by Crippen LogP contribution is -2.53. The van der Waals surface area contributed by atoms with E-state index in [0.717, 1.165) is 38.9 Å². The van der Waals surface area contributed by atoms with E-state index in [1.807, 2.05) is 7.05 Å². The lowest BCUT2D eigenvalue weighted by molar-refractivity contribution is -0.136. The van der Waals surface area contributed by atoms with Crippen LogP contribution in [0, 0.1) is 0 Å². The predicted molar refractivity (Wildman–Crippen MR) is 82.8 cm³/mol. The zero-order valence-corrected chi connectivity index (χ0v) is 13.5. The summed E-state index contributed by atoms with van der Waals surface area (Å²) >= 11 is 0. The molecular formula is C16H31N3O. The Morgan fingerprint density at radius 1 is 1.25 bits per heavy atom. The van der Waals surface area contributed by atoms with Crippen LogP contribution < -0.4 is 5.32 Å². The molecule has 0 aliphatic carbocycles. The van der Waals surface area contributed by atoms with E-state index in [0.29, 0.717) is 18.5 Å². The average Bonchev–Trinajstić information content (AvgIpc) is 2.49. The van der Waals surface area contributed by atoms with Crippen LogP contribution in [0.25, 0.3) is 0 Å². The third-order valence-corrected chi connectivity index (χ3v) is 5.34. The van der Waals surface area contributed by atoms with Gasteiger partial charge in [-0.15, -0.1) is 0 Å². The molecule has 4 nitrogen and oxygen atoms in total. The second kappa shape index (κ2) is 6.90. The molecule has 1 unspecified atom stereocenters. The van der Waals surface area contributed by atoms with Crippen molar-refractivity contribution in [2.24, 2.45) is 0 Å². The predicted octanol–water partition coefficient (Wildman–Crippen LogP) is 1.85. The summed E-state index contributed by atoms with van der Waals surface area (Å²) in [5, 5.41) is 3.41.